The molecule has 29 heavy (non-hydrogen) atoms. The molecule has 0 amide bonds. The maximum absolute atomic E-state index is 13.0. The molecular weight excluding hydrogens is 394 g/mol. The van der Waals surface area contributed by atoms with Crippen LogP contribution < -0.4 is 0 Å². The van der Waals surface area contributed by atoms with Crippen molar-refractivity contribution >= 4 is 23.2 Å². The Balaban J connectivity index is 1.64. The van der Waals surface area contributed by atoms with Gasteiger partial charge in [0.05, 0.1) is 0 Å². The zero-order valence-corrected chi connectivity index (χ0v) is 16.4. The van der Waals surface area contributed by atoms with Crippen molar-refractivity contribution < 1.29 is 18.4 Å². The minimum atomic E-state index is -0.321. The van der Waals surface area contributed by atoms with Crippen LogP contribution in [0.1, 0.15) is 44.7 Å². The molecule has 2 nitrogen and oxygen atoms in total. The lowest BCUT2D eigenvalue weighted by molar-refractivity contribution is 0.0982. The largest absolute Gasteiger partial charge is 0.294 e. The highest BCUT2D eigenvalue weighted by Gasteiger charge is 2.13. The predicted molar refractivity (Wildman–Crippen MR) is 110 cm³/mol. The number of hydrogen-bond acceptors (Lipinski definition) is 2. The maximum atomic E-state index is 13.0. The molecule has 0 heterocycles. The lowest BCUT2D eigenvalue weighted by Gasteiger charge is -2.07. The molecule has 0 N–H and O–H groups in total. The Kier molecular flexibility index (Phi) is 6.89. The average molecular weight is 413 g/mol. The van der Waals surface area contributed by atoms with Gasteiger partial charge in [-0.15, -0.1) is 0 Å². The number of benzene rings is 3. The summed E-state index contributed by atoms with van der Waals surface area (Å²) in [6.07, 6.45) is 1.41. The van der Waals surface area contributed by atoms with Gasteiger partial charge in [0, 0.05) is 29.0 Å². The summed E-state index contributed by atoms with van der Waals surface area (Å²) < 4.78 is 25.9. The van der Waals surface area contributed by atoms with Crippen LogP contribution in [0, 0.1) is 11.6 Å². The Bertz CT molecular complexity index is 932. The zero-order valence-electron chi connectivity index (χ0n) is 15.6. The molecule has 0 saturated carbocycles. The monoisotopic (exact) mass is 412 g/mol. The van der Waals surface area contributed by atoms with Crippen molar-refractivity contribution in [3.05, 3.63) is 106 Å². The van der Waals surface area contributed by atoms with Gasteiger partial charge in [0.1, 0.15) is 11.6 Å². The van der Waals surface area contributed by atoms with Gasteiger partial charge in [-0.05, 0) is 66.4 Å². The summed E-state index contributed by atoms with van der Waals surface area (Å²) in [7, 11) is 0. The molecule has 148 valence electrons. The van der Waals surface area contributed by atoms with Crippen LogP contribution in [0.15, 0.2) is 66.7 Å². The first-order chi connectivity index (χ1) is 13.9. The van der Waals surface area contributed by atoms with Crippen LogP contribution in [0.5, 0.6) is 0 Å². The van der Waals surface area contributed by atoms with Crippen LogP contribution in [0.3, 0.4) is 0 Å². The third-order valence-corrected chi connectivity index (χ3v) is 4.87. The summed E-state index contributed by atoms with van der Waals surface area (Å²) in [5.41, 5.74) is 2.48. The minimum absolute atomic E-state index is 0.135. The molecule has 0 aliphatic heterocycles. The van der Waals surface area contributed by atoms with E-state index in [0.29, 0.717) is 29.0 Å². The van der Waals surface area contributed by atoms with E-state index in [4.69, 9.17) is 11.6 Å². The van der Waals surface area contributed by atoms with Gasteiger partial charge in [-0.25, -0.2) is 8.78 Å². The normalized spacial score (nSPS) is 10.7. The van der Waals surface area contributed by atoms with E-state index in [1.54, 1.807) is 42.5 Å². The molecule has 3 rings (SSSR count). The first-order valence-electron chi connectivity index (χ1n) is 9.26. The second kappa shape index (κ2) is 9.57. The maximum Gasteiger partial charge on any atom is 0.163 e. The molecule has 0 aliphatic rings. The van der Waals surface area contributed by atoms with E-state index in [0.717, 1.165) is 11.1 Å². The third kappa shape index (κ3) is 6.06. The lowest BCUT2D eigenvalue weighted by atomic mass is 9.98. The Morgan fingerprint density at radius 1 is 0.655 bits per heavy atom. The standard InChI is InChI=1S/C24H19ClF2O2/c25-20-14-18(23(28)11-5-16-1-7-21(26)8-2-16)13-19(15-20)24(29)12-6-17-3-9-22(27)10-4-17/h1-4,7-10,13-15H,5-6,11-12H2. The Labute approximate surface area is 173 Å². The second-order valence-corrected chi connectivity index (χ2v) is 7.26. The Hall–Kier alpha value is -2.85. The molecule has 3 aromatic carbocycles. The van der Waals surface area contributed by atoms with Crippen molar-refractivity contribution in [3.8, 4) is 0 Å². The average Bonchev–Trinajstić information content (AvgIpc) is 2.72. The number of halogens is 3. The SMILES string of the molecule is O=C(CCc1ccc(F)cc1)c1cc(Cl)cc(C(=O)CCc2ccc(F)cc2)c1. The summed E-state index contributed by atoms with van der Waals surface area (Å²) in [5, 5.41) is 0.322. The quantitative estimate of drug-likeness (QED) is 0.410. The first-order valence-corrected chi connectivity index (χ1v) is 9.64. The topological polar surface area (TPSA) is 34.1 Å². The van der Waals surface area contributed by atoms with Gasteiger partial charge in [0.15, 0.2) is 11.6 Å². The van der Waals surface area contributed by atoms with E-state index < -0.39 is 0 Å². The van der Waals surface area contributed by atoms with E-state index in [-0.39, 0.29) is 36.0 Å². The fourth-order valence-corrected chi connectivity index (χ4v) is 3.25. The second-order valence-electron chi connectivity index (χ2n) is 6.83. The fraction of sp³-hybridized carbons (Fsp3) is 0.167. The molecule has 3 aromatic rings. The molecular formula is C24H19ClF2O2. The molecule has 0 radical (unpaired) electrons. The Morgan fingerprint density at radius 2 is 1.03 bits per heavy atom. The van der Waals surface area contributed by atoms with Crippen LogP contribution in [0.4, 0.5) is 8.78 Å². The number of hydrogen-bond donors (Lipinski definition) is 0. The number of carbonyl (C=O) groups excluding carboxylic acids is 2. The van der Waals surface area contributed by atoms with Crippen molar-refractivity contribution in [1.29, 1.82) is 0 Å². The molecule has 0 spiro atoms. The number of carbonyl (C=O) groups is 2. The van der Waals surface area contributed by atoms with Crippen LogP contribution in [0.2, 0.25) is 5.02 Å². The molecule has 0 aliphatic carbocycles. The van der Waals surface area contributed by atoms with Gasteiger partial charge >= 0.3 is 0 Å². The van der Waals surface area contributed by atoms with E-state index in [2.05, 4.69) is 0 Å². The highest BCUT2D eigenvalue weighted by Crippen LogP contribution is 2.20. The van der Waals surface area contributed by atoms with E-state index in [1.165, 1.54) is 24.3 Å². The number of rotatable bonds is 8. The van der Waals surface area contributed by atoms with Gasteiger partial charge in [0.25, 0.3) is 0 Å². The van der Waals surface area contributed by atoms with Gasteiger partial charge in [0.2, 0.25) is 0 Å². The number of ketones is 2. The van der Waals surface area contributed by atoms with Crippen molar-refractivity contribution in [2.75, 3.05) is 0 Å². The van der Waals surface area contributed by atoms with Crippen LogP contribution in [0.25, 0.3) is 0 Å². The third-order valence-electron chi connectivity index (χ3n) is 4.65. The molecule has 0 aromatic heterocycles. The number of aryl methyl sites for hydroxylation is 2. The van der Waals surface area contributed by atoms with Crippen molar-refractivity contribution in [2.45, 2.75) is 25.7 Å². The van der Waals surface area contributed by atoms with Gasteiger partial charge in [-0.1, -0.05) is 35.9 Å². The summed E-state index contributed by atoms with van der Waals surface area (Å²) >= 11 is 6.12. The van der Waals surface area contributed by atoms with Crippen molar-refractivity contribution in [2.24, 2.45) is 0 Å². The van der Waals surface area contributed by atoms with Crippen LogP contribution >= 0.6 is 11.6 Å². The van der Waals surface area contributed by atoms with Gasteiger partial charge in [-0.2, -0.15) is 0 Å². The first kappa shape index (κ1) is 20.9. The molecule has 0 unspecified atom stereocenters. The fourth-order valence-electron chi connectivity index (χ4n) is 3.02. The number of Topliss-reactive ketones (excluding diaryl/α,β-unsaturated/α-hetero) is 2. The summed E-state index contributed by atoms with van der Waals surface area (Å²) in [6, 6.07) is 16.7. The predicted octanol–water partition coefficient (Wildman–Crippen LogP) is 6.25. The van der Waals surface area contributed by atoms with Crippen LogP contribution in [-0.4, -0.2) is 11.6 Å². The lowest BCUT2D eigenvalue weighted by Crippen LogP contribution is -2.06. The molecule has 0 saturated heterocycles. The summed E-state index contributed by atoms with van der Waals surface area (Å²) in [6.45, 7) is 0. The Morgan fingerprint density at radius 3 is 1.41 bits per heavy atom. The van der Waals surface area contributed by atoms with E-state index >= 15 is 0 Å². The van der Waals surface area contributed by atoms with E-state index in [9.17, 15) is 18.4 Å². The highest BCUT2D eigenvalue weighted by atomic mass is 35.5. The molecule has 0 bridgehead atoms. The molecule has 0 atom stereocenters. The van der Waals surface area contributed by atoms with Crippen molar-refractivity contribution in [1.82, 2.24) is 0 Å². The van der Waals surface area contributed by atoms with Gasteiger partial charge in [-0.3, -0.25) is 9.59 Å². The smallest absolute Gasteiger partial charge is 0.163 e. The highest BCUT2D eigenvalue weighted by molar-refractivity contribution is 6.31. The van der Waals surface area contributed by atoms with E-state index in [1.807, 2.05) is 0 Å². The molecule has 0 fully saturated rings. The summed E-state index contributed by atoms with van der Waals surface area (Å²) in [5.74, 6) is -0.911. The van der Waals surface area contributed by atoms with Crippen LogP contribution in [-0.2, 0) is 12.8 Å². The molecule has 5 heteroatoms. The van der Waals surface area contributed by atoms with Crippen molar-refractivity contribution in [3.63, 3.8) is 0 Å². The minimum Gasteiger partial charge on any atom is -0.294 e. The summed E-state index contributed by atoms with van der Waals surface area (Å²) in [4.78, 5) is 25.1. The zero-order chi connectivity index (χ0) is 20.8. The van der Waals surface area contributed by atoms with Gasteiger partial charge < -0.3 is 0 Å².